The minimum Gasteiger partial charge on any atom is -0.357 e. The third-order valence-electron chi connectivity index (χ3n) is 5.13. The maximum absolute atomic E-state index is 13.2. The van der Waals surface area contributed by atoms with Crippen LogP contribution in [-0.2, 0) is 23.7 Å². The van der Waals surface area contributed by atoms with E-state index in [-0.39, 0.29) is 18.2 Å². The van der Waals surface area contributed by atoms with Gasteiger partial charge in [0, 0.05) is 38.9 Å². The molecule has 0 bridgehead atoms. The Morgan fingerprint density at radius 1 is 1.03 bits per heavy atom. The molecule has 0 aromatic heterocycles. The number of carbonyl (C=O) groups excluding carboxylic acids is 1. The van der Waals surface area contributed by atoms with Crippen molar-refractivity contribution in [3.63, 3.8) is 0 Å². The molecule has 1 heterocycles. The Morgan fingerprint density at radius 3 is 2.12 bits per heavy atom. The summed E-state index contributed by atoms with van der Waals surface area (Å²) in [5.74, 6) is -0.943. The van der Waals surface area contributed by atoms with E-state index in [1.807, 2.05) is 0 Å². The first-order valence-electron chi connectivity index (χ1n) is 9.62. The van der Waals surface area contributed by atoms with Crippen molar-refractivity contribution in [1.82, 2.24) is 10.2 Å². The maximum atomic E-state index is 13.2. The predicted octanol–water partition coefficient (Wildman–Crippen LogP) is 4.30. The topological polar surface area (TPSA) is 35.6 Å². The number of alkyl halides is 6. The molecular weight excluding hydrogens is 443 g/mol. The fourth-order valence-corrected chi connectivity index (χ4v) is 3.58. The first kappa shape index (κ1) is 23.8. The molecule has 1 aliphatic rings. The monoisotopic (exact) mass is 463 g/mol. The van der Waals surface area contributed by atoms with E-state index in [0.29, 0.717) is 30.9 Å². The molecule has 1 fully saturated rings. The van der Waals surface area contributed by atoms with Gasteiger partial charge in [-0.1, -0.05) is 0 Å². The van der Waals surface area contributed by atoms with Crippen molar-refractivity contribution in [2.45, 2.75) is 24.9 Å². The molecule has 174 valence electrons. The molecule has 0 spiro atoms. The van der Waals surface area contributed by atoms with Gasteiger partial charge in [0.2, 0.25) is 5.91 Å². The van der Waals surface area contributed by atoms with E-state index in [1.54, 1.807) is 4.90 Å². The van der Waals surface area contributed by atoms with Gasteiger partial charge in [-0.15, -0.1) is 0 Å². The molecule has 1 N–H and O–H groups in total. The van der Waals surface area contributed by atoms with Crippen molar-refractivity contribution < 1.29 is 35.5 Å². The van der Waals surface area contributed by atoms with E-state index >= 15 is 0 Å². The van der Waals surface area contributed by atoms with E-state index in [2.05, 4.69) is 5.32 Å². The third-order valence-corrected chi connectivity index (χ3v) is 5.13. The molecule has 11 heteroatoms. The van der Waals surface area contributed by atoms with Gasteiger partial charge in [0.05, 0.1) is 11.1 Å². The summed E-state index contributed by atoms with van der Waals surface area (Å²) in [4.78, 5) is 15.9. The lowest BCUT2D eigenvalue weighted by atomic mass is 10.0. The number of rotatable bonds is 4. The predicted molar refractivity (Wildman–Crippen MR) is 103 cm³/mol. The van der Waals surface area contributed by atoms with Crippen LogP contribution in [0.5, 0.6) is 0 Å². The van der Waals surface area contributed by atoms with Crippen LogP contribution >= 0.6 is 0 Å². The summed E-state index contributed by atoms with van der Waals surface area (Å²) in [6.07, 6.45) is -9.93. The SMILES string of the molecule is CN(Cc1cc(C(F)(F)F)cc(C(F)(F)F)c1)C(=O)C1CNCCN1c1ccc(F)cc1. The number of halogens is 7. The van der Waals surface area contributed by atoms with Gasteiger partial charge in [0.25, 0.3) is 0 Å². The largest absolute Gasteiger partial charge is 0.416 e. The quantitative estimate of drug-likeness (QED) is 0.687. The summed E-state index contributed by atoms with van der Waals surface area (Å²) in [5, 5.41) is 3.04. The molecule has 1 amide bonds. The van der Waals surface area contributed by atoms with Crippen LogP contribution in [0, 0.1) is 5.82 Å². The molecule has 4 nitrogen and oxygen atoms in total. The van der Waals surface area contributed by atoms with Crippen LogP contribution in [0.1, 0.15) is 16.7 Å². The summed E-state index contributed by atoms with van der Waals surface area (Å²) >= 11 is 0. The van der Waals surface area contributed by atoms with Crippen LogP contribution in [0.4, 0.5) is 36.4 Å². The molecule has 1 unspecified atom stereocenters. The second kappa shape index (κ2) is 8.97. The van der Waals surface area contributed by atoms with Gasteiger partial charge in [-0.05, 0) is 48.0 Å². The Labute approximate surface area is 179 Å². The molecule has 1 aliphatic heterocycles. The lowest BCUT2D eigenvalue weighted by Crippen LogP contribution is -2.58. The van der Waals surface area contributed by atoms with Gasteiger partial charge in [0.1, 0.15) is 11.9 Å². The zero-order valence-corrected chi connectivity index (χ0v) is 16.9. The van der Waals surface area contributed by atoms with E-state index in [9.17, 15) is 35.5 Å². The first-order valence-corrected chi connectivity index (χ1v) is 9.62. The average molecular weight is 463 g/mol. The second-order valence-electron chi connectivity index (χ2n) is 7.50. The van der Waals surface area contributed by atoms with E-state index < -0.39 is 47.8 Å². The van der Waals surface area contributed by atoms with Crippen LogP contribution in [0.15, 0.2) is 42.5 Å². The lowest BCUT2D eigenvalue weighted by Gasteiger charge is -2.38. The minimum absolute atomic E-state index is 0.0483. The average Bonchev–Trinajstić information content (AvgIpc) is 2.72. The van der Waals surface area contributed by atoms with Crippen molar-refractivity contribution in [2.75, 3.05) is 31.6 Å². The van der Waals surface area contributed by atoms with E-state index in [0.717, 1.165) is 4.90 Å². The zero-order chi connectivity index (χ0) is 23.7. The highest BCUT2D eigenvalue weighted by Gasteiger charge is 2.37. The summed E-state index contributed by atoms with van der Waals surface area (Å²) < 4.78 is 91.9. The molecule has 2 aromatic rings. The van der Waals surface area contributed by atoms with Gasteiger partial charge < -0.3 is 15.1 Å². The number of likely N-dealkylation sites (N-methyl/N-ethyl adjacent to an activating group) is 1. The Balaban J connectivity index is 1.84. The van der Waals surface area contributed by atoms with Crippen molar-refractivity contribution in [1.29, 1.82) is 0 Å². The number of hydrogen-bond donors (Lipinski definition) is 1. The Kier molecular flexibility index (Phi) is 6.68. The maximum Gasteiger partial charge on any atom is 0.416 e. The molecule has 3 rings (SSSR count). The first-order chi connectivity index (χ1) is 14.9. The van der Waals surface area contributed by atoms with Crippen LogP contribution in [-0.4, -0.2) is 43.5 Å². The van der Waals surface area contributed by atoms with Gasteiger partial charge in [-0.25, -0.2) is 4.39 Å². The smallest absolute Gasteiger partial charge is 0.357 e. The fraction of sp³-hybridized carbons (Fsp3) is 0.381. The van der Waals surface area contributed by atoms with Crippen molar-refractivity contribution in [2.24, 2.45) is 0 Å². The zero-order valence-electron chi connectivity index (χ0n) is 16.9. The van der Waals surface area contributed by atoms with Gasteiger partial charge in [-0.2, -0.15) is 26.3 Å². The number of piperazine rings is 1. The Morgan fingerprint density at radius 2 is 1.59 bits per heavy atom. The lowest BCUT2D eigenvalue weighted by molar-refractivity contribution is -0.143. The van der Waals surface area contributed by atoms with Gasteiger partial charge in [-0.3, -0.25) is 4.79 Å². The molecule has 0 saturated carbocycles. The van der Waals surface area contributed by atoms with Gasteiger partial charge >= 0.3 is 12.4 Å². The number of hydrogen-bond acceptors (Lipinski definition) is 3. The van der Waals surface area contributed by atoms with Crippen molar-refractivity contribution >= 4 is 11.6 Å². The normalized spacial score (nSPS) is 17.4. The highest BCUT2D eigenvalue weighted by atomic mass is 19.4. The minimum atomic E-state index is -4.97. The standard InChI is InChI=1S/C21H20F7N3O/c1-30(12-13-8-14(20(23,24)25)10-15(9-13)21(26,27)28)19(32)18-11-29-6-7-31(18)17-4-2-16(22)3-5-17/h2-5,8-10,18,29H,6-7,11-12H2,1H3. The molecular formula is C21H20F7N3O. The Hall–Kier alpha value is -2.82. The molecule has 2 aromatic carbocycles. The van der Waals surface area contributed by atoms with E-state index in [1.165, 1.54) is 31.3 Å². The highest BCUT2D eigenvalue weighted by Crippen LogP contribution is 2.36. The molecule has 0 aliphatic carbocycles. The summed E-state index contributed by atoms with van der Waals surface area (Å²) in [6.45, 7) is 0.738. The number of benzene rings is 2. The fourth-order valence-electron chi connectivity index (χ4n) is 3.58. The van der Waals surface area contributed by atoms with Crippen molar-refractivity contribution in [3.05, 3.63) is 65.0 Å². The van der Waals surface area contributed by atoms with Crippen molar-refractivity contribution in [3.8, 4) is 0 Å². The third kappa shape index (κ3) is 5.50. The number of nitrogens with one attached hydrogen (secondary N) is 1. The van der Waals surface area contributed by atoms with Crippen LogP contribution in [0.2, 0.25) is 0 Å². The molecule has 32 heavy (non-hydrogen) atoms. The second-order valence-corrected chi connectivity index (χ2v) is 7.50. The molecule has 1 saturated heterocycles. The molecule has 1 atom stereocenters. The number of carbonyl (C=O) groups is 1. The van der Waals surface area contributed by atoms with Crippen LogP contribution in [0.3, 0.4) is 0 Å². The summed E-state index contributed by atoms with van der Waals surface area (Å²) in [5.41, 5.74) is -2.58. The highest BCUT2D eigenvalue weighted by molar-refractivity contribution is 5.85. The number of amides is 1. The van der Waals surface area contributed by atoms with E-state index in [4.69, 9.17) is 0 Å². The number of nitrogens with zero attached hydrogens (tertiary/aromatic N) is 2. The summed E-state index contributed by atoms with van der Waals surface area (Å²) in [7, 11) is 1.31. The molecule has 0 radical (unpaired) electrons. The number of anilines is 1. The van der Waals surface area contributed by atoms with Crippen LogP contribution < -0.4 is 10.2 Å². The van der Waals surface area contributed by atoms with Crippen LogP contribution in [0.25, 0.3) is 0 Å². The van der Waals surface area contributed by atoms with Gasteiger partial charge in [0.15, 0.2) is 0 Å². The Bertz CT molecular complexity index is 925. The summed E-state index contributed by atoms with van der Waals surface area (Å²) in [6, 6.07) is 5.99.